The molecule has 1 amide bonds. The second kappa shape index (κ2) is 3.92. The molecule has 2 aliphatic heterocycles. The van der Waals surface area contributed by atoms with Crippen LogP contribution < -0.4 is 5.32 Å². The molecule has 0 aromatic carbocycles. The molecular formula is C10H16N2O. The van der Waals surface area contributed by atoms with E-state index >= 15 is 0 Å². The molecule has 0 spiro atoms. The molecule has 1 atom stereocenters. The first-order valence-electron chi connectivity index (χ1n) is 5.02. The van der Waals surface area contributed by atoms with Crippen molar-refractivity contribution in [2.75, 3.05) is 26.2 Å². The first kappa shape index (κ1) is 8.75. The SMILES string of the molecule is O=C(C1CCNC1)N1CC=CCC1. The smallest absolute Gasteiger partial charge is 0.227 e. The summed E-state index contributed by atoms with van der Waals surface area (Å²) < 4.78 is 0. The zero-order chi connectivity index (χ0) is 9.10. The van der Waals surface area contributed by atoms with Crippen molar-refractivity contribution in [2.45, 2.75) is 12.8 Å². The van der Waals surface area contributed by atoms with E-state index in [1.54, 1.807) is 0 Å². The minimum absolute atomic E-state index is 0.242. The summed E-state index contributed by atoms with van der Waals surface area (Å²) in [6.07, 6.45) is 6.27. The van der Waals surface area contributed by atoms with E-state index in [-0.39, 0.29) is 5.92 Å². The lowest BCUT2D eigenvalue weighted by molar-refractivity contribution is -0.134. The van der Waals surface area contributed by atoms with Crippen LogP contribution in [0, 0.1) is 5.92 Å². The van der Waals surface area contributed by atoms with Crippen molar-refractivity contribution >= 4 is 5.91 Å². The number of amides is 1. The summed E-state index contributed by atoms with van der Waals surface area (Å²) in [5.74, 6) is 0.584. The van der Waals surface area contributed by atoms with Gasteiger partial charge in [0.2, 0.25) is 5.91 Å². The van der Waals surface area contributed by atoms with Gasteiger partial charge in [-0.1, -0.05) is 12.2 Å². The zero-order valence-electron chi connectivity index (χ0n) is 7.83. The number of nitrogens with zero attached hydrogens (tertiary/aromatic N) is 1. The van der Waals surface area contributed by atoms with Crippen LogP contribution in [0.1, 0.15) is 12.8 Å². The number of hydrogen-bond donors (Lipinski definition) is 1. The Bertz CT molecular complexity index is 219. The van der Waals surface area contributed by atoms with Gasteiger partial charge in [-0.25, -0.2) is 0 Å². The van der Waals surface area contributed by atoms with Gasteiger partial charge in [0.15, 0.2) is 0 Å². The fourth-order valence-corrected chi connectivity index (χ4v) is 1.97. The Labute approximate surface area is 78.8 Å². The highest BCUT2D eigenvalue weighted by molar-refractivity contribution is 5.79. The van der Waals surface area contributed by atoms with Crippen molar-refractivity contribution in [3.8, 4) is 0 Å². The van der Waals surface area contributed by atoms with Gasteiger partial charge in [-0.05, 0) is 19.4 Å². The predicted molar refractivity (Wildman–Crippen MR) is 51.3 cm³/mol. The van der Waals surface area contributed by atoms with Gasteiger partial charge in [-0.3, -0.25) is 4.79 Å². The van der Waals surface area contributed by atoms with E-state index < -0.39 is 0 Å². The molecule has 1 fully saturated rings. The van der Waals surface area contributed by atoms with Crippen molar-refractivity contribution < 1.29 is 4.79 Å². The Balaban J connectivity index is 1.91. The number of nitrogens with one attached hydrogen (secondary N) is 1. The second-order valence-corrected chi connectivity index (χ2v) is 3.73. The van der Waals surface area contributed by atoms with E-state index in [0.29, 0.717) is 5.91 Å². The molecule has 0 radical (unpaired) electrons. The zero-order valence-corrected chi connectivity index (χ0v) is 7.83. The largest absolute Gasteiger partial charge is 0.338 e. The van der Waals surface area contributed by atoms with E-state index in [9.17, 15) is 4.79 Å². The van der Waals surface area contributed by atoms with Crippen LogP contribution in [-0.4, -0.2) is 37.0 Å². The summed E-state index contributed by atoms with van der Waals surface area (Å²) in [4.78, 5) is 13.8. The lowest BCUT2D eigenvalue weighted by Gasteiger charge is -2.25. The molecule has 13 heavy (non-hydrogen) atoms. The summed E-state index contributed by atoms with van der Waals surface area (Å²) in [6.45, 7) is 3.60. The lowest BCUT2D eigenvalue weighted by atomic mass is 10.1. The van der Waals surface area contributed by atoms with Crippen molar-refractivity contribution in [1.82, 2.24) is 10.2 Å². The van der Waals surface area contributed by atoms with Crippen LogP contribution in [0.4, 0.5) is 0 Å². The van der Waals surface area contributed by atoms with Gasteiger partial charge >= 0.3 is 0 Å². The van der Waals surface area contributed by atoms with Crippen molar-refractivity contribution in [3.05, 3.63) is 12.2 Å². The van der Waals surface area contributed by atoms with Crippen LogP contribution in [0.25, 0.3) is 0 Å². The third-order valence-corrected chi connectivity index (χ3v) is 2.78. The minimum atomic E-state index is 0.242. The Morgan fingerprint density at radius 1 is 1.46 bits per heavy atom. The molecule has 3 nitrogen and oxygen atoms in total. The molecule has 2 aliphatic rings. The summed E-state index contributed by atoms with van der Waals surface area (Å²) in [5.41, 5.74) is 0. The normalized spacial score (nSPS) is 28.0. The predicted octanol–water partition coefficient (Wildman–Crippen LogP) is 0.384. The highest BCUT2D eigenvalue weighted by atomic mass is 16.2. The molecule has 0 aromatic heterocycles. The van der Waals surface area contributed by atoms with Gasteiger partial charge in [0.05, 0.1) is 5.92 Å². The van der Waals surface area contributed by atoms with Crippen LogP contribution in [0.15, 0.2) is 12.2 Å². The average molecular weight is 180 g/mol. The van der Waals surface area contributed by atoms with E-state index in [4.69, 9.17) is 0 Å². The quantitative estimate of drug-likeness (QED) is 0.592. The van der Waals surface area contributed by atoms with Crippen LogP contribution in [-0.2, 0) is 4.79 Å². The Morgan fingerprint density at radius 2 is 2.38 bits per heavy atom. The van der Waals surface area contributed by atoms with Crippen LogP contribution in [0.2, 0.25) is 0 Å². The molecule has 0 aromatic rings. The fraction of sp³-hybridized carbons (Fsp3) is 0.700. The molecule has 0 saturated carbocycles. The van der Waals surface area contributed by atoms with Gasteiger partial charge in [0.1, 0.15) is 0 Å². The Kier molecular flexibility index (Phi) is 2.64. The highest BCUT2D eigenvalue weighted by Gasteiger charge is 2.26. The van der Waals surface area contributed by atoms with Crippen LogP contribution in [0.3, 0.4) is 0 Å². The molecule has 3 heteroatoms. The number of carbonyl (C=O) groups is 1. The Morgan fingerprint density at radius 3 is 3.00 bits per heavy atom. The van der Waals surface area contributed by atoms with Crippen LogP contribution >= 0.6 is 0 Å². The standard InChI is InChI=1S/C10H16N2O/c13-10(9-4-5-11-8-9)12-6-2-1-3-7-12/h1-2,9,11H,3-8H2. The maximum absolute atomic E-state index is 11.9. The average Bonchev–Trinajstić information content (AvgIpc) is 2.71. The molecule has 1 unspecified atom stereocenters. The molecule has 0 bridgehead atoms. The fourth-order valence-electron chi connectivity index (χ4n) is 1.97. The molecule has 1 N–H and O–H groups in total. The molecule has 72 valence electrons. The molecule has 2 rings (SSSR count). The van der Waals surface area contributed by atoms with E-state index in [1.807, 2.05) is 4.90 Å². The third kappa shape index (κ3) is 1.91. The molecule has 0 aliphatic carbocycles. The molecular weight excluding hydrogens is 164 g/mol. The molecule has 2 heterocycles. The lowest BCUT2D eigenvalue weighted by Crippen LogP contribution is -2.38. The summed E-state index contributed by atoms with van der Waals surface area (Å²) >= 11 is 0. The number of hydrogen-bond acceptors (Lipinski definition) is 2. The van der Waals surface area contributed by atoms with E-state index in [1.165, 1.54) is 0 Å². The Hall–Kier alpha value is -0.830. The third-order valence-electron chi connectivity index (χ3n) is 2.78. The number of carbonyl (C=O) groups excluding carboxylic acids is 1. The van der Waals surface area contributed by atoms with E-state index in [0.717, 1.165) is 39.0 Å². The van der Waals surface area contributed by atoms with E-state index in [2.05, 4.69) is 17.5 Å². The first-order chi connectivity index (χ1) is 6.38. The summed E-state index contributed by atoms with van der Waals surface area (Å²) in [5, 5.41) is 3.23. The maximum Gasteiger partial charge on any atom is 0.227 e. The van der Waals surface area contributed by atoms with Gasteiger partial charge in [0.25, 0.3) is 0 Å². The minimum Gasteiger partial charge on any atom is -0.338 e. The second-order valence-electron chi connectivity index (χ2n) is 3.73. The number of rotatable bonds is 1. The van der Waals surface area contributed by atoms with Crippen molar-refractivity contribution in [3.63, 3.8) is 0 Å². The maximum atomic E-state index is 11.9. The van der Waals surface area contributed by atoms with Gasteiger partial charge in [-0.15, -0.1) is 0 Å². The summed E-state index contributed by atoms with van der Waals surface area (Å²) in [6, 6.07) is 0. The van der Waals surface area contributed by atoms with Crippen molar-refractivity contribution in [2.24, 2.45) is 5.92 Å². The van der Waals surface area contributed by atoms with Crippen molar-refractivity contribution in [1.29, 1.82) is 0 Å². The van der Waals surface area contributed by atoms with Gasteiger partial charge < -0.3 is 10.2 Å². The van der Waals surface area contributed by atoms with Gasteiger partial charge in [-0.2, -0.15) is 0 Å². The topological polar surface area (TPSA) is 32.3 Å². The van der Waals surface area contributed by atoms with Crippen LogP contribution in [0.5, 0.6) is 0 Å². The monoisotopic (exact) mass is 180 g/mol. The first-order valence-corrected chi connectivity index (χ1v) is 5.02. The summed E-state index contributed by atoms with van der Waals surface area (Å²) in [7, 11) is 0. The molecule has 1 saturated heterocycles. The van der Waals surface area contributed by atoms with Gasteiger partial charge in [0, 0.05) is 19.6 Å². The highest BCUT2D eigenvalue weighted by Crippen LogP contribution is 2.13.